The van der Waals surface area contributed by atoms with Gasteiger partial charge < -0.3 is 5.73 Å². The van der Waals surface area contributed by atoms with Gasteiger partial charge in [-0.2, -0.15) is 0 Å². The number of rotatable bonds is 6. The van der Waals surface area contributed by atoms with Gasteiger partial charge in [-0.3, -0.25) is 4.90 Å². The molecule has 0 aromatic carbocycles. The third-order valence-electron chi connectivity index (χ3n) is 4.01. The van der Waals surface area contributed by atoms with Gasteiger partial charge in [-0.25, -0.2) is 0 Å². The molecule has 0 aromatic rings. The van der Waals surface area contributed by atoms with Crippen LogP contribution in [0.4, 0.5) is 0 Å². The van der Waals surface area contributed by atoms with E-state index in [-0.39, 0.29) is 0 Å². The fourth-order valence-electron chi connectivity index (χ4n) is 2.29. The van der Waals surface area contributed by atoms with E-state index in [9.17, 15) is 0 Å². The normalized spacial score (nSPS) is 23.6. The maximum atomic E-state index is 5.87. The molecule has 2 heteroatoms. The standard InChI is InChI=1S/C12H26N2/c1-5-9(2)12(8-13)14(4)10(3)11-6-7-11/h9-12H,5-8,13H2,1-4H3. The summed E-state index contributed by atoms with van der Waals surface area (Å²) in [5.41, 5.74) is 5.87. The van der Waals surface area contributed by atoms with Crippen LogP contribution in [0.25, 0.3) is 0 Å². The van der Waals surface area contributed by atoms with Crippen molar-refractivity contribution >= 4 is 0 Å². The SMILES string of the molecule is CCC(C)C(CN)N(C)C(C)C1CC1. The molecule has 0 saturated heterocycles. The van der Waals surface area contributed by atoms with E-state index in [1.807, 2.05) is 0 Å². The monoisotopic (exact) mass is 198 g/mol. The van der Waals surface area contributed by atoms with E-state index < -0.39 is 0 Å². The Labute approximate surface area is 88.8 Å². The van der Waals surface area contributed by atoms with Gasteiger partial charge in [0.15, 0.2) is 0 Å². The fraction of sp³-hybridized carbons (Fsp3) is 1.00. The Kier molecular flexibility index (Phi) is 4.39. The van der Waals surface area contributed by atoms with Crippen LogP contribution < -0.4 is 5.73 Å². The zero-order valence-corrected chi connectivity index (χ0v) is 10.2. The van der Waals surface area contributed by atoms with E-state index in [0.29, 0.717) is 12.0 Å². The maximum absolute atomic E-state index is 5.87. The quantitative estimate of drug-likeness (QED) is 0.708. The number of likely N-dealkylation sites (N-methyl/N-ethyl adjacent to an activating group) is 1. The predicted octanol–water partition coefficient (Wildman–Crippen LogP) is 2.09. The van der Waals surface area contributed by atoms with E-state index in [1.54, 1.807) is 0 Å². The summed E-state index contributed by atoms with van der Waals surface area (Å²) in [4.78, 5) is 2.51. The Morgan fingerprint density at radius 2 is 1.93 bits per heavy atom. The van der Waals surface area contributed by atoms with Gasteiger partial charge in [0.25, 0.3) is 0 Å². The van der Waals surface area contributed by atoms with Crippen LogP contribution in [0.15, 0.2) is 0 Å². The molecule has 0 aliphatic heterocycles. The molecule has 0 bridgehead atoms. The van der Waals surface area contributed by atoms with Gasteiger partial charge in [0.2, 0.25) is 0 Å². The van der Waals surface area contributed by atoms with Crippen LogP contribution in [-0.4, -0.2) is 30.6 Å². The highest BCUT2D eigenvalue weighted by atomic mass is 15.2. The van der Waals surface area contributed by atoms with Crippen LogP contribution in [0.2, 0.25) is 0 Å². The van der Waals surface area contributed by atoms with Gasteiger partial charge in [-0.15, -0.1) is 0 Å². The topological polar surface area (TPSA) is 29.3 Å². The molecule has 0 radical (unpaired) electrons. The third-order valence-corrected chi connectivity index (χ3v) is 4.01. The molecule has 0 spiro atoms. The average molecular weight is 198 g/mol. The lowest BCUT2D eigenvalue weighted by Crippen LogP contribution is -2.47. The number of hydrogen-bond acceptors (Lipinski definition) is 2. The minimum Gasteiger partial charge on any atom is -0.329 e. The van der Waals surface area contributed by atoms with Crippen LogP contribution in [0.1, 0.15) is 40.0 Å². The molecule has 14 heavy (non-hydrogen) atoms. The summed E-state index contributed by atoms with van der Waals surface area (Å²) in [5.74, 6) is 1.66. The van der Waals surface area contributed by atoms with Gasteiger partial charge in [0.05, 0.1) is 0 Å². The van der Waals surface area contributed by atoms with Gasteiger partial charge in [-0.05, 0) is 38.6 Å². The van der Waals surface area contributed by atoms with Crippen LogP contribution >= 0.6 is 0 Å². The van der Waals surface area contributed by atoms with Crippen molar-refractivity contribution in [1.82, 2.24) is 4.90 Å². The van der Waals surface area contributed by atoms with Crippen molar-refractivity contribution in [2.45, 2.75) is 52.1 Å². The molecule has 1 rings (SSSR count). The van der Waals surface area contributed by atoms with E-state index in [1.165, 1.54) is 19.3 Å². The lowest BCUT2D eigenvalue weighted by atomic mass is 9.96. The first-order chi connectivity index (χ1) is 6.61. The first-order valence-electron chi connectivity index (χ1n) is 6.03. The summed E-state index contributed by atoms with van der Waals surface area (Å²) >= 11 is 0. The van der Waals surface area contributed by atoms with E-state index >= 15 is 0 Å². The highest BCUT2D eigenvalue weighted by Gasteiger charge is 2.33. The Morgan fingerprint density at radius 1 is 1.36 bits per heavy atom. The van der Waals surface area contributed by atoms with Crippen LogP contribution in [0, 0.1) is 11.8 Å². The van der Waals surface area contributed by atoms with Crippen molar-refractivity contribution in [2.24, 2.45) is 17.6 Å². The largest absolute Gasteiger partial charge is 0.329 e. The highest BCUT2D eigenvalue weighted by molar-refractivity contribution is 4.88. The van der Waals surface area contributed by atoms with Crippen LogP contribution in [-0.2, 0) is 0 Å². The molecule has 1 aliphatic carbocycles. The molecule has 1 aliphatic rings. The van der Waals surface area contributed by atoms with E-state index in [0.717, 1.165) is 18.5 Å². The van der Waals surface area contributed by atoms with Crippen molar-refractivity contribution in [2.75, 3.05) is 13.6 Å². The van der Waals surface area contributed by atoms with Gasteiger partial charge in [0, 0.05) is 18.6 Å². The van der Waals surface area contributed by atoms with Crippen LogP contribution in [0.3, 0.4) is 0 Å². The van der Waals surface area contributed by atoms with Crippen molar-refractivity contribution < 1.29 is 0 Å². The molecular weight excluding hydrogens is 172 g/mol. The fourth-order valence-corrected chi connectivity index (χ4v) is 2.29. The molecule has 1 fully saturated rings. The second-order valence-electron chi connectivity index (χ2n) is 4.93. The summed E-state index contributed by atoms with van der Waals surface area (Å²) < 4.78 is 0. The van der Waals surface area contributed by atoms with Crippen molar-refractivity contribution in [3.05, 3.63) is 0 Å². The minimum absolute atomic E-state index is 0.565. The highest BCUT2D eigenvalue weighted by Crippen LogP contribution is 2.35. The predicted molar refractivity (Wildman–Crippen MR) is 62.2 cm³/mol. The molecule has 0 aromatic heterocycles. The Morgan fingerprint density at radius 3 is 2.29 bits per heavy atom. The van der Waals surface area contributed by atoms with Crippen molar-refractivity contribution in [1.29, 1.82) is 0 Å². The number of nitrogens with zero attached hydrogens (tertiary/aromatic N) is 1. The first-order valence-corrected chi connectivity index (χ1v) is 6.03. The zero-order chi connectivity index (χ0) is 10.7. The molecule has 3 unspecified atom stereocenters. The zero-order valence-electron chi connectivity index (χ0n) is 10.2. The summed E-state index contributed by atoms with van der Waals surface area (Å²) in [5, 5.41) is 0. The third kappa shape index (κ3) is 2.71. The Balaban J connectivity index is 2.49. The molecule has 1 saturated carbocycles. The van der Waals surface area contributed by atoms with Gasteiger partial charge in [0.1, 0.15) is 0 Å². The van der Waals surface area contributed by atoms with Gasteiger partial charge in [-0.1, -0.05) is 20.3 Å². The smallest absolute Gasteiger partial charge is 0.0243 e. The van der Waals surface area contributed by atoms with Crippen molar-refractivity contribution in [3.63, 3.8) is 0 Å². The second-order valence-corrected chi connectivity index (χ2v) is 4.93. The first kappa shape index (κ1) is 12.0. The summed E-state index contributed by atoms with van der Waals surface area (Å²) in [7, 11) is 2.24. The van der Waals surface area contributed by atoms with E-state index in [4.69, 9.17) is 5.73 Å². The second kappa shape index (κ2) is 5.13. The Hall–Kier alpha value is -0.0800. The molecule has 84 valence electrons. The molecule has 3 atom stereocenters. The lowest BCUT2D eigenvalue weighted by molar-refractivity contribution is 0.128. The van der Waals surface area contributed by atoms with Crippen LogP contribution in [0.5, 0.6) is 0 Å². The van der Waals surface area contributed by atoms with Crippen molar-refractivity contribution in [3.8, 4) is 0 Å². The lowest BCUT2D eigenvalue weighted by Gasteiger charge is -2.36. The minimum atomic E-state index is 0.565. The number of nitrogens with two attached hydrogens (primary N) is 1. The molecule has 2 N–H and O–H groups in total. The molecule has 0 heterocycles. The maximum Gasteiger partial charge on any atom is 0.0243 e. The number of hydrogen-bond donors (Lipinski definition) is 1. The molecule has 2 nitrogen and oxygen atoms in total. The summed E-state index contributed by atoms with van der Waals surface area (Å²) in [6, 6.07) is 1.29. The Bertz CT molecular complexity index is 166. The average Bonchev–Trinajstić information content (AvgIpc) is 3.00. The summed E-state index contributed by atoms with van der Waals surface area (Å²) in [6.45, 7) is 7.71. The van der Waals surface area contributed by atoms with Gasteiger partial charge >= 0.3 is 0 Å². The molecule has 0 amide bonds. The van der Waals surface area contributed by atoms with E-state index in [2.05, 4.69) is 32.7 Å². The summed E-state index contributed by atoms with van der Waals surface area (Å²) in [6.07, 6.45) is 4.07. The molecular formula is C12H26N2.